The van der Waals surface area contributed by atoms with Gasteiger partial charge in [-0.15, -0.1) is 0 Å². The van der Waals surface area contributed by atoms with E-state index in [0.717, 1.165) is 12.0 Å². The zero-order valence-corrected chi connectivity index (χ0v) is 24.0. The molecule has 166 valence electrons. The molecule has 0 aromatic carbocycles. The maximum atomic E-state index is 12.8. The number of carbonyl (C=O) groups is 2. The average Bonchev–Trinajstić information content (AvgIpc) is 2.91. The van der Waals surface area contributed by atoms with E-state index in [2.05, 4.69) is 4.52 Å². The van der Waals surface area contributed by atoms with Gasteiger partial charge < -0.3 is 24.5 Å². The predicted molar refractivity (Wildman–Crippen MR) is 104 cm³/mol. The summed E-state index contributed by atoms with van der Waals surface area (Å²) in [5.41, 5.74) is -2.21. The first-order valence-corrected chi connectivity index (χ1v) is 11.9. The Morgan fingerprint density at radius 3 is 2.59 bits per heavy atom. The molecule has 2 unspecified atom stereocenters. The van der Waals surface area contributed by atoms with Gasteiger partial charge in [0.15, 0.2) is 11.6 Å². The summed E-state index contributed by atoms with van der Waals surface area (Å²) in [5.74, 6) is -0.971. The molecule has 0 aliphatic heterocycles. The molecule has 8 atom stereocenters. The first kappa shape index (κ1) is 29.1. The maximum Gasteiger partial charge on any atom is 1.00 e. The van der Waals surface area contributed by atoms with E-state index in [1.807, 2.05) is 13.0 Å². The largest absolute Gasteiger partial charge is 1.00 e. The van der Waals surface area contributed by atoms with Gasteiger partial charge in [-0.05, 0) is 56.1 Å². The number of rotatable bonds is 4. The first-order chi connectivity index (χ1) is 13.8. The molecule has 0 aromatic rings. The van der Waals surface area contributed by atoms with Crippen molar-refractivity contribution in [1.29, 1.82) is 0 Å². The first-order valence-electron chi connectivity index (χ1n) is 10.4. The third-order valence-corrected chi connectivity index (χ3v) is 8.92. The fourth-order valence-electron chi connectivity index (χ4n) is 7.05. The molecular formula is C21H28Na2O8P+. The van der Waals surface area contributed by atoms with Crippen molar-refractivity contribution in [3.8, 4) is 0 Å². The second-order valence-electron chi connectivity index (χ2n) is 9.78. The molecule has 0 bridgehead atoms. The fourth-order valence-corrected chi connectivity index (χ4v) is 7.33. The number of hydrogen-bond donors (Lipinski definition) is 3. The fraction of sp³-hybridized carbons (Fsp3) is 0.714. The molecule has 0 spiro atoms. The van der Waals surface area contributed by atoms with Crippen LogP contribution in [0, 0.1) is 28.6 Å². The summed E-state index contributed by atoms with van der Waals surface area (Å²) in [5, 5.41) is 22.6. The Kier molecular flexibility index (Phi) is 8.83. The van der Waals surface area contributed by atoms with Gasteiger partial charge in [-0.3, -0.25) is 14.2 Å². The number of aliphatic hydroxyl groups is 2. The van der Waals surface area contributed by atoms with Crippen molar-refractivity contribution in [3.63, 3.8) is 0 Å². The van der Waals surface area contributed by atoms with Crippen molar-refractivity contribution in [3.05, 3.63) is 23.8 Å². The van der Waals surface area contributed by atoms with Gasteiger partial charge in [-0.2, -0.15) is 0 Å². The molecule has 8 nitrogen and oxygen atoms in total. The van der Waals surface area contributed by atoms with E-state index in [1.54, 1.807) is 19.1 Å². The summed E-state index contributed by atoms with van der Waals surface area (Å²) in [7, 11) is -5.09. The van der Waals surface area contributed by atoms with Crippen LogP contribution >= 0.6 is 7.82 Å². The Hall–Kier alpha value is 0.850. The van der Waals surface area contributed by atoms with Gasteiger partial charge in [0.25, 0.3) is 7.82 Å². The number of aliphatic hydroxyl groups excluding tert-OH is 1. The molecule has 0 heterocycles. The van der Waals surface area contributed by atoms with Crippen LogP contribution in [-0.2, 0) is 18.7 Å². The minimum Gasteiger partial charge on any atom is -0.756 e. The maximum absolute atomic E-state index is 12.8. The molecule has 3 fully saturated rings. The Morgan fingerprint density at radius 1 is 1.31 bits per heavy atom. The van der Waals surface area contributed by atoms with Gasteiger partial charge >= 0.3 is 59.1 Å². The summed E-state index contributed by atoms with van der Waals surface area (Å²) in [6.07, 6.45) is 6.66. The van der Waals surface area contributed by atoms with Crippen LogP contribution in [0.15, 0.2) is 23.8 Å². The molecule has 3 saturated carbocycles. The second-order valence-corrected chi connectivity index (χ2v) is 11.0. The molecule has 4 aliphatic carbocycles. The molecule has 32 heavy (non-hydrogen) atoms. The van der Waals surface area contributed by atoms with Gasteiger partial charge in [0.05, 0.1) is 6.10 Å². The Bertz CT molecular complexity index is 900. The van der Waals surface area contributed by atoms with Crippen LogP contribution in [0.5, 0.6) is 0 Å². The minimum atomic E-state index is -5.09. The topological polar surface area (TPSA) is 144 Å². The van der Waals surface area contributed by atoms with Crippen molar-refractivity contribution in [2.24, 2.45) is 28.6 Å². The molecule has 11 heteroatoms. The van der Waals surface area contributed by atoms with Crippen LogP contribution in [0.1, 0.15) is 46.0 Å². The second kappa shape index (κ2) is 9.72. The summed E-state index contributed by atoms with van der Waals surface area (Å²) in [6, 6.07) is 0. The summed E-state index contributed by atoms with van der Waals surface area (Å²) in [4.78, 5) is 44.4. The van der Waals surface area contributed by atoms with Crippen molar-refractivity contribution in [1.82, 2.24) is 0 Å². The van der Waals surface area contributed by atoms with Crippen molar-refractivity contribution in [2.45, 2.75) is 57.7 Å². The number of carbonyl (C=O) groups excluding carboxylic acids is 2. The average molecular weight is 485 g/mol. The standard InChI is InChI=1S/C21H29O8P.2Na/c1-19-7-5-13(22)9-12(19)3-4-14-15-6-8-21(25,17(24)11-29-30(26,27)28)20(15,2)10-16(23)18(14)19;;/h5,7,9,14-16,18,23,25H,3-4,6,8,10-11H2,1-2H3,(H2,26,27,28);;/q;2*+1/p-1/t14?,15-,16-,18+,19-,20-,21-;;/m0../s1. The van der Waals surface area contributed by atoms with Gasteiger partial charge in [-0.1, -0.05) is 25.5 Å². The normalized spacial score (nSPS) is 44.1. The number of phosphoric acid groups is 1. The molecule has 0 saturated heterocycles. The molecule has 0 aromatic heterocycles. The summed E-state index contributed by atoms with van der Waals surface area (Å²) in [6.45, 7) is 2.89. The third-order valence-electron chi connectivity index (χ3n) is 8.47. The van der Waals surface area contributed by atoms with Gasteiger partial charge in [0.1, 0.15) is 12.2 Å². The Morgan fingerprint density at radius 2 is 1.97 bits per heavy atom. The number of fused-ring (bicyclic) bond motifs is 5. The minimum absolute atomic E-state index is 0. The summed E-state index contributed by atoms with van der Waals surface area (Å²) >= 11 is 0. The number of ketones is 2. The van der Waals surface area contributed by atoms with Crippen LogP contribution in [0.2, 0.25) is 0 Å². The Labute approximate surface area is 232 Å². The van der Waals surface area contributed by atoms with Crippen molar-refractivity contribution in [2.75, 3.05) is 6.61 Å². The van der Waals surface area contributed by atoms with E-state index >= 15 is 0 Å². The SMILES string of the molecule is C[C@]12C=CC(=O)C=C1CCC1[C@@H]2[C@@H](O)C[C@@]2(C)[C@H]1CC[C@]2(O)C(=O)COP(=O)([O-])O.[Na+].[Na+]. The number of phosphoric ester groups is 1. The van der Waals surface area contributed by atoms with Gasteiger partial charge in [0.2, 0.25) is 0 Å². The van der Waals surface area contributed by atoms with Crippen LogP contribution in [0.4, 0.5) is 0 Å². The zero-order chi connectivity index (χ0) is 22.1. The van der Waals surface area contributed by atoms with Crippen LogP contribution < -0.4 is 64.0 Å². The van der Waals surface area contributed by atoms with Gasteiger partial charge in [0, 0.05) is 16.7 Å². The monoisotopic (exact) mass is 485 g/mol. The van der Waals surface area contributed by atoms with Crippen LogP contribution in [-0.4, -0.2) is 45.0 Å². The summed E-state index contributed by atoms with van der Waals surface area (Å²) < 4.78 is 15.2. The number of Topliss-reactive ketones (excluding diaryl/α,β-unsaturated/α-hetero) is 1. The van der Waals surface area contributed by atoms with Crippen LogP contribution in [0.25, 0.3) is 0 Å². The molecule has 3 N–H and O–H groups in total. The van der Waals surface area contributed by atoms with Crippen molar-refractivity contribution < 1.29 is 97.8 Å². The van der Waals surface area contributed by atoms with E-state index < -0.39 is 42.7 Å². The number of allylic oxidation sites excluding steroid dienone is 4. The predicted octanol–water partition coefficient (Wildman–Crippen LogP) is -4.95. The van der Waals surface area contributed by atoms with E-state index in [-0.39, 0.29) is 95.5 Å². The smallest absolute Gasteiger partial charge is 0.756 e. The molecule has 4 aliphatic rings. The molecule has 0 radical (unpaired) electrons. The van der Waals surface area contributed by atoms with E-state index in [0.29, 0.717) is 12.8 Å². The van der Waals surface area contributed by atoms with E-state index in [4.69, 9.17) is 4.89 Å². The van der Waals surface area contributed by atoms with Crippen LogP contribution in [0.3, 0.4) is 0 Å². The molecule has 0 amide bonds. The quantitative estimate of drug-likeness (QED) is 0.266. The Balaban J connectivity index is 0.00000181. The van der Waals surface area contributed by atoms with Gasteiger partial charge in [-0.25, -0.2) is 0 Å². The molecular weight excluding hydrogens is 457 g/mol. The molecule has 4 rings (SSSR count). The van der Waals surface area contributed by atoms with E-state index in [9.17, 15) is 29.3 Å². The third kappa shape index (κ3) is 4.54. The zero-order valence-electron chi connectivity index (χ0n) is 19.1. The van der Waals surface area contributed by atoms with E-state index in [1.165, 1.54) is 0 Å². The number of hydrogen-bond acceptors (Lipinski definition) is 7. The van der Waals surface area contributed by atoms with Crippen molar-refractivity contribution >= 4 is 19.4 Å².